The molecule has 4 heteroatoms. The molecule has 0 saturated carbocycles. The van der Waals surface area contributed by atoms with E-state index in [4.69, 9.17) is 19.7 Å². The Bertz CT molecular complexity index is 81.7. The highest BCUT2D eigenvalue weighted by molar-refractivity contribution is 4.71. The molecule has 0 aromatic rings. The molecule has 0 spiro atoms. The Morgan fingerprint density at radius 2 is 1.60 bits per heavy atom. The lowest BCUT2D eigenvalue weighted by Gasteiger charge is -1.87. The first-order chi connectivity index (χ1) is 4.81. The van der Waals surface area contributed by atoms with Gasteiger partial charge in [0.25, 0.3) is 5.95 Å². The van der Waals surface area contributed by atoms with Crippen LogP contribution in [-0.2, 0) is 9.47 Å². The monoisotopic (exact) mass is 148 g/mol. The highest BCUT2D eigenvalue weighted by Crippen LogP contribution is 2.02. The predicted molar refractivity (Wildman–Crippen MR) is 35.2 cm³/mol. The minimum atomic E-state index is -0.125. The van der Waals surface area contributed by atoms with Crippen molar-refractivity contribution in [3.63, 3.8) is 0 Å². The maximum atomic E-state index is 7.62. The van der Waals surface area contributed by atoms with Gasteiger partial charge in [0.1, 0.15) is 13.2 Å². The van der Waals surface area contributed by atoms with Crippen LogP contribution in [0.1, 0.15) is 0 Å². The molecule has 60 valence electrons. The Hall–Kier alpha value is -0.740. The molecule has 0 aromatic carbocycles. The van der Waals surface area contributed by atoms with E-state index in [1.165, 1.54) is 0 Å². The van der Waals surface area contributed by atoms with E-state index in [9.17, 15) is 0 Å². The number of hydrogen-bond acceptors (Lipinski definition) is 4. The van der Waals surface area contributed by atoms with Gasteiger partial charge in [-0.05, 0) is 6.58 Å². The molecule has 0 aromatic heterocycles. The minimum Gasteiger partial charge on any atom is -0.462 e. The Kier molecular flexibility index (Phi) is 5.91. The highest BCUT2D eigenvalue weighted by atomic mass is 16.7. The highest BCUT2D eigenvalue weighted by Gasteiger charge is 2.01. The minimum absolute atomic E-state index is 0.125. The second kappa shape index (κ2) is 6.38. The number of hydrogen-bond donors (Lipinski definition) is 2. The predicted octanol–water partition coefficient (Wildman–Crippen LogP) is -0.525. The molecule has 0 atom stereocenters. The van der Waals surface area contributed by atoms with Gasteiger partial charge in [0.05, 0.1) is 13.2 Å². The molecule has 1 saturated heterocycles. The molecule has 1 fully saturated rings. The Morgan fingerprint density at radius 1 is 1.20 bits per heavy atom. The van der Waals surface area contributed by atoms with Gasteiger partial charge in [-0.15, -0.1) is 0 Å². The second-order valence-corrected chi connectivity index (χ2v) is 1.52. The Labute approximate surface area is 59.7 Å². The zero-order valence-electron chi connectivity index (χ0n) is 5.75. The lowest BCUT2D eigenvalue weighted by molar-refractivity contribution is 0.178. The quantitative estimate of drug-likeness (QED) is 0.525. The third kappa shape index (κ3) is 5.40. The van der Waals surface area contributed by atoms with Crippen molar-refractivity contribution in [2.45, 2.75) is 0 Å². The van der Waals surface area contributed by atoms with Gasteiger partial charge in [-0.25, -0.2) is 0 Å². The molecule has 2 N–H and O–H groups in total. The molecule has 0 aliphatic carbocycles. The van der Waals surface area contributed by atoms with E-state index in [-0.39, 0.29) is 13.2 Å². The van der Waals surface area contributed by atoms with E-state index < -0.39 is 0 Å². The number of aliphatic hydroxyl groups is 2. The SMILES string of the molecule is C=C1OCCO1.OCCO. The normalized spacial score (nSPS) is 14.8. The van der Waals surface area contributed by atoms with E-state index in [0.29, 0.717) is 19.2 Å². The Morgan fingerprint density at radius 3 is 1.70 bits per heavy atom. The van der Waals surface area contributed by atoms with Gasteiger partial charge >= 0.3 is 0 Å². The van der Waals surface area contributed by atoms with E-state index in [1.807, 2.05) is 0 Å². The first-order valence-electron chi connectivity index (χ1n) is 2.97. The molecule has 10 heavy (non-hydrogen) atoms. The van der Waals surface area contributed by atoms with Gasteiger partial charge < -0.3 is 19.7 Å². The summed E-state index contributed by atoms with van der Waals surface area (Å²) >= 11 is 0. The van der Waals surface area contributed by atoms with Crippen molar-refractivity contribution in [1.29, 1.82) is 0 Å². The lowest BCUT2D eigenvalue weighted by Crippen LogP contribution is -1.85. The first-order valence-corrected chi connectivity index (χ1v) is 2.97. The summed E-state index contributed by atoms with van der Waals surface area (Å²) < 4.78 is 9.47. The van der Waals surface area contributed by atoms with Crippen molar-refractivity contribution in [3.8, 4) is 0 Å². The first kappa shape index (κ1) is 9.26. The van der Waals surface area contributed by atoms with E-state index >= 15 is 0 Å². The summed E-state index contributed by atoms with van der Waals surface area (Å²) in [6, 6.07) is 0. The van der Waals surface area contributed by atoms with E-state index in [2.05, 4.69) is 6.58 Å². The largest absolute Gasteiger partial charge is 0.462 e. The summed E-state index contributed by atoms with van der Waals surface area (Å²) in [4.78, 5) is 0. The topological polar surface area (TPSA) is 58.9 Å². The van der Waals surface area contributed by atoms with E-state index in [1.54, 1.807) is 0 Å². The van der Waals surface area contributed by atoms with Crippen LogP contribution in [0.5, 0.6) is 0 Å². The van der Waals surface area contributed by atoms with Crippen LogP contribution in [0, 0.1) is 0 Å². The van der Waals surface area contributed by atoms with Crippen molar-refractivity contribution in [3.05, 3.63) is 12.5 Å². The standard InChI is InChI=1S/C4H6O2.C2H6O2/c1-4-5-2-3-6-4;3-1-2-4/h1-3H2;3-4H,1-2H2. The maximum absolute atomic E-state index is 7.62. The van der Waals surface area contributed by atoms with Crippen LogP contribution in [0.2, 0.25) is 0 Å². The number of aliphatic hydroxyl groups excluding tert-OH is 2. The summed E-state index contributed by atoms with van der Waals surface area (Å²) in [6.45, 7) is 4.49. The molecule has 1 aliphatic rings. The van der Waals surface area contributed by atoms with Crippen LogP contribution < -0.4 is 0 Å². The van der Waals surface area contributed by atoms with Crippen LogP contribution in [0.4, 0.5) is 0 Å². The average molecular weight is 148 g/mol. The number of rotatable bonds is 1. The molecule has 0 unspecified atom stereocenters. The fourth-order valence-electron chi connectivity index (χ4n) is 0.353. The molecule has 1 aliphatic heterocycles. The second-order valence-electron chi connectivity index (χ2n) is 1.52. The zero-order chi connectivity index (χ0) is 7.82. The van der Waals surface area contributed by atoms with Crippen molar-refractivity contribution in [2.75, 3.05) is 26.4 Å². The van der Waals surface area contributed by atoms with Crippen molar-refractivity contribution < 1.29 is 19.7 Å². The van der Waals surface area contributed by atoms with E-state index in [0.717, 1.165) is 0 Å². The molecule has 0 bridgehead atoms. The van der Waals surface area contributed by atoms with Crippen LogP contribution in [0.25, 0.3) is 0 Å². The van der Waals surface area contributed by atoms with Gasteiger partial charge in [0, 0.05) is 0 Å². The maximum Gasteiger partial charge on any atom is 0.271 e. The van der Waals surface area contributed by atoms with Crippen LogP contribution in [0.3, 0.4) is 0 Å². The third-order valence-corrected chi connectivity index (χ3v) is 0.709. The summed E-state index contributed by atoms with van der Waals surface area (Å²) in [6.07, 6.45) is 0. The molecular formula is C6H12O4. The van der Waals surface area contributed by atoms with Crippen LogP contribution in [-0.4, -0.2) is 36.6 Å². The smallest absolute Gasteiger partial charge is 0.271 e. The lowest BCUT2D eigenvalue weighted by atomic mass is 10.8. The van der Waals surface area contributed by atoms with Crippen LogP contribution in [0.15, 0.2) is 12.5 Å². The molecule has 0 amide bonds. The summed E-state index contributed by atoms with van der Waals surface area (Å²) in [5.41, 5.74) is 0. The fraction of sp³-hybridized carbons (Fsp3) is 0.667. The summed E-state index contributed by atoms with van der Waals surface area (Å²) in [5, 5.41) is 15.2. The van der Waals surface area contributed by atoms with Gasteiger partial charge in [-0.1, -0.05) is 0 Å². The van der Waals surface area contributed by atoms with Crippen molar-refractivity contribution in [2.24, 2.45) is 0 Å². The molecule has 4 nitrogen and oxygen atoms in total. The third-order valence-electron chi connectivity index (χ3n) is 0.709. The zero-order valence-corrected chi connectivity index (χ0v) is 5.75. The average Bonchev–Trinajstić information content (AvgIpc) is 2.40. The van der Waals surface area contributed by atoms with Gasteiger partial charge in [0.2, 0.25) is 0 Å². The van der Waals surface area contributed by atoms with Crippen LogP contribution >= 0.6 is 0 Å². The molecule has 0 radical (unpaired) electrons. The summed E-state index contributed by atoms with van der Waals surface area (Å²) in [7, 11) is 0. The van der Waals surface area contributed by atoms with Gasteiger partial charge in [0.15, 0.2) is 0 Å². The Balaban J connectivity index is 0.000000180. The molecule has 1 heterocycles. The van der Waals surface area contributed by atoms with Crippen molar-refractivity contribution in [1.82, 2.24) is 0 Å². The van der Waals surface area contributed by atoms with Gasteiger partial charge in [-0.3, -0.25) is 0 Å². The fourth-order valence-corrected chi connectivity index (χ4v) is 0.353. The van der Waals surface area contributed by atoms with Crippen molar-refractivity contribution >= 4 is 0 Å². The summed E-state index contributed by atoms with van der Waals surface area (Å²) in [5.74, 6) is 0.454. The molecule has 1 rings (SSSR count). The molecular weight excluding hydrogens is 136 g/mol. The number of ether oxygens (including phenoxy) is 2. The van der Waals surface area contributed by atoms with Gasteiger partial charge in [-0.2, -0.15) is 0 Å².